The maximum atomic E-state index is 12.4. The Kier molecular flexibility index (Phi) is 4.90. The number of hydrogen-bond donors (Lipinski definition) is 3. The molecule has 1 unspecified atom stereocenters. The Morgan fingerprint density at radius 2 is 1.63 bits per heavy atom. The number of halogens is 1. The number of benzene rings is 2. The number of hydrogen-bond acceptors (Lipinski definition) is 5. The Bertz CT molecular complexity index is 1210. The van der Waals surface area contributed by atoms with E-state index in [9.17, 15) is 14.4 Å². The van der Waals surface area contributed by atoms with Crippen molar-refractivity contribution in [1.29, 1.82) is 0 Å². The van der Waals surface area contributed by atoms with Crippen molar-refractivity contribution < 1.29 is 4.79 Å². The lowest BCUT2D eigenvalue weighted by Gasteiger charge is -2.33. The number of anilines is 3. The summed E-state index contributed by atoms with van der Waals surface area (Å²) >= 11 is 6.19. The lowest BCUT2D eigenvalue weighted by Crippen LogP contribution is -2.39. The molecule has 0 spiro atoms. The average Bonchev–Trinajstić information content (AvgIpc) is 3.11. The molecule has 6 nitrogen and oxygen atoms in total. The van der Waals surface area contributed by atoms with Crippen LogP contribution in [0.25, 0.3) is 0 Å². The second kappa shape index (κ2) is 7.29. The molecule has 0 fully saturated rings. The molecule has 3 N–H and O–H groups in total. The van der Waals surface area contributed by atoms with Gasteiger partial charge in [0.1, 0.15) is 11.4 Å². The Balaban J connectivity index is 1.71. The van der Waals surface area contributed by atoms with Crippen LogP contribution in [0.15, 0.2) is 52.1 Å². The third kappa shape index (κ3) is 3.37. The molecule has 7 heteroatoms. The van der Waals surface area contributed by atoms with Crippen molar-refractivity contribution >= 4 is 34.6 Å². The van der Waals surface area contributed by atoms with Gasteiger partial charge in [0.2, 0.25) is 0 Å². The van der Waals surface area contributed by atoms with E-state index < -0.39 is 10.9 Å². The van der Waals surface area contributed by atoms with Crippen molar-refractivity contribution in [3.8, 4) is 0 Å². The molecule has 154 valence electrons. The van der Waals surface area contributed by atoms with Gasteiger partial charge in [0, 0.05) is 17.1 Å². The van der Waals surface area contributed by atoms with Crippen LogP contribution >= 0.6 is 11.6 Å². The van der Waals surface area contributed by atoms with Crippen LogP contribution in [0.2, 0.25) is 5.02 Å². The Morgan fingerprint density at radius 1 is 0.967 bits per heavy atom. The number of carbonyl (C=O) groups excluding carboxylic acids is 1. The third-order valence-electron chi connectivity index (χ3n) is 5.37. The Labute approximate surface area is 179 Å². The van der Waals surface area contributed by atoms with Gasteiger partial charge in [0.25, 0.3) is 16.8 Å². The molecular formula is C23H22ClN3O3. The molecule has 0 aliphatic carbocycles. The first-order valence-corrected chi connectivity index (χ1v) is 10.1. The molecule has 0 bridgehead atoms. The maximum absolute atomic E-state index is 12.4. The molecule has 3 aromatic carbocycles. The van der Waals surface area contributed by atoms with Gasteiger partial charge < -0.3 is 16.0 Å². The van der Waals surface area contributed by atoms with Gasteiger partial charge in [-0.3, -0.25) is 14.4 Å². The Hall–Kier alpha value is -3.12. The fourth-order valence-corrected chi connectivity index (χ4v) is 4.01. The number of amides is 1. The van der Waals surface area contributed by atoms with Crippen LogP contribution < -0.4 is 26.8 Å². The number of rotatable bonds is 5. The standard InChI is InChI=1S/C23H22ClN3O3/c1-23(2,3)21(12-7-5-4-6-8-12)27-18-17(19(28)20(18)29)26-15-10-9-14(24)13-11-25-22(30)16(13)15/h4-10,21,26-27H,11H2,1-3H3,(H,25,30). The van der Waals surface area contributed by atoms with E-state index in [-0.39, 0.29) is 28.7 Å². The molecule has 1 aliphatic heterocycles. The third-order valence-corrected chi connectivity index (χ3v) is 5.72. The van der Waals surface area contributed by atoms with Crippen molar-refractivity contribution in [2.75, 3.05) is 10.6 Å². The van der Waals surface area contributed by atoms with E-state index in [2.05, 4.69) is 36.7 Å². The molecule has 0 aromatic heterocycles. The minimum Gasteiger partial charge on any atom is -0.373 e. The van der Waals surface area contributed by atoms with E-state index in [1.807, 2.05) is 30.3 Å². The average molecular weight is 424 g/mol. The van der Waals surface area contributed by atoms with Crippen molar-refractivity contribution in [3.63, 3.8) is 0 Å². The topological polar surface area (TPSA) is 87.3 Å². The van der Waals surface area contributed by atoms with Crippen LogP contribution in [0.5, 0.6) is 0 Å². The molecule has 0 radical (unpaired) electrons. The van der Waals surface area contributed by atoms with E-state index in [1.54, 1.807) is 12.1 Å². The van der Waals surface area contributed by atoms with E-state index in [1.165, 1.54) is 0 Å². The quantitative estimate of drug-likeness (QED) is 0.537. The van der Waals surface area contributed by atoms with Gasteiger partial charge in [-0.05, 0) is 23.1 Å². The second-order valence-electron chi connectivity index (χ2n) is 8.52. The van der Waals surface area contributed by atoms with Crippen LogP contribution in [0, 0.1) is 5.41 Å². The van der Waals surface area contributed by atoms with Gasteiger partial charge in [0.15, 0.2) is 0 Å². The highest BCUT2D eigenvalue weighted by Crippen LogP contribution is 2.38. The molecule has 3 aromatic rings. The van der Waals surface area contributed by atoms with Crippen molar-refractivity contribution in [2.24, 2.45) is 5.41 Å². The molecule has 4 rings (SSSR count). The minimum atomic E-state index is -0.611. The fourth-order valence-electron chi connectivity index (χ4n) is 3.79. The smallest absolute Gasteiger partial charge is 0.254 e. The number of nitrogens with one attached hydrogen (secondary N) is 3. The van der Waals surface area contributed by atoms with Crippen LogP contribution in [0.4, 0.5) is 17.1 Å². The molecule has 1 heterocycles. The van der Waals surface area contributed by atoms with Crippen molar-refractivity contribution in [3.05, 3.63) is 84.6 Å². The van der Waals surface area contributed by atoms with Crippen LogP contribution in [0.3, 0.4) is 0 Å². The molecular weight excluding hydrogens is 402 g/mol. The van der Waals surface area contributed by atoms with Crippen molar-refractivity contribution in [1.82, 2.24) is 5.32 Å². The van der Waals surface area contributed by atoms with Gasteiger partial charge >= 0.3 is 0 Å². The maximum Gasteiger partial charge on any atom is 0.254 e. The van der Waals surface area contributed by atoms with Gasteiger partial charge in [-0.25, -0.2) is 0 Å². The van der Waals surface area contributed by atoms with E-state index in [0.29, 0.717) is 28.4 Å². The van der Waals surface area contributed by atoms with E-state index in [4.69, 9.17) is 11.6 Å². The summed E-state index contributed by atoms with van der Waals surface area (Å²) in [7, 11) is 0. The molecule has 0 saturated heterocycles. The van der Waals surface area contributed by atoms with Crippen molar-refractivity contribution in [2.45, 2.75) is 33.4 Å². The monoisotopic (exact) mass is 423 g/mol. The molecule has 1 aliphatic rings. The number of fused-ring (bicyclic) bond motifs is 1. The molecule has 1 amide bonds. The van der Waals surface area contributed by atoms with Gasteiger partial charge in [-0.15, -0.1) is 0 Å². The van der Waals surface area contributed by atoms with Gasteiger partial charge in [-0.1, -0.05) is 62.7 Å². The van der Waals surface area contributed by atoms with Gasteiger partial charge in [-0.2, -0.15) is 0 Å². The zero-order chi connectivity index (χ0) is 21.6. The summed E-state index contributed by atoms with van der Waals surface area (Å²) in [5.41, 5.74) is 1.52. The zero-order valence-electron chi connectivity index (χ0n) is 16.9. The second-order valence-corrected chi connectivity index (χ2v) is 8.93. The van der Waals surface area contributed by atoms with Crippen LogP contribution in [-0.2, 0) is 6.54 Å². The first-order chi connectivity index (χ1) is 14.2. The van der Waals surface area contributed by atoms with E-state index in [0.717, 1.165) is 5.56 Å². The summed E-state index contributed by atoms with van der Waals surface area (Å²) in [6, 6.07) is 12.9. The first kappa shape index (κ1) is 20.2. The fraction of sp³-hybridized carbons (Fsp3) is 0.261. The summed E-state index contributed by atoms with van der Waals surface area (Å²) in [5.74, 6) is -0.264. The lowest BCUT2D eigenvalue weighted by atomic mass is 9.82. The summed E-state index contributed by atoms with van der Waals surface area (Å²) in [6.07, 6.45) is 0. The highest BCUT2D eigenvalue weighted by atomic mass is 35.5. The predicted octanol–water partition coefficient (Wildman–Crippen LogP) is 4.12. The summed E-state index contributed by atoms with van der Waals surface area (Å²) in [6.45, 7) is 6.52. The molecule has 30 heavy (non-hydrogen) atoms. The highest BCUT2D eigenvalue weighted by Gasteiger charge is 2.32. The van der Waals surface area contributed by atoms with Gasteiger partial charge in [0.05, 0.1) is 17.3 Å². The van der Waals surface area contributed by atoms with Crippen LogP contribution in [-0.4, -0.2) is 5.91 Å². The largest absolute Gasteiger partial charge is 0.373 e. The molecule has 1 atom stereocenters. The minimum absolute atomic E-state index is 0.161. The summed E-state index contributed by atoms with van der Waals surface area (Å²) < 4.78 is 0. The lowest BCUT2D eigenvalue weighted by molar-refractivity contribution is 0.0966. The first-order valence-electron chi connectivity index (χ1n) is 9.70. The molecule has 0 saturated carbocycles. The normalized spacial score (nSPS) is 14.3. The Morgan fingerprint density at radius 3 is 2.30 bits per heavy atom. The highest BCUT2D eigenvalue weighted by molar-refractivity contribution is 6.32. The number of carbonyl (C=O) groups is 1. The summed E-state index contributed by atoms with van der Waals surface area (Å²) in [5, 5.41) is 9.49. The predicted molar refractivity (Wildman–Crippen MR) is 120 cm³/mol. The SMILES string of the molecule is CC(C)(C)C(Nc1c(Nc2ccc(Cl)c3c2C(=O)NC3)c(=O)c1=O)c1ccccc1. The summed E-state index contributed by atoms with van der Waals surface area (Å²) in [4.78, 5) is 37.0. The van der Waals surface area contributed by atoms with Crippen LogP contribution in [0.1, 0.15) is 48.3 Å². The van der Waals surface area contributed by atoms with E-state index >= 15 is 0 Å². The zero-order valence-corrected chi connectivity index (χ0v) is 17.7.